The van der Waals surface area contributed by atoms with E-state index in [1.165, 1.54) is 0 Å². The van der Waals surface area contributed by atoms with Gasteiger partial charge >= 0.3 is 0 Å². The second-order valence-electron chi connectivity index (χ2n) is 6.98. The van der Waals surface area contributed by atoms with E-state index in [1.807, 2.05) is 85.2 Å². The Bertz CT molecular complexity index is 1240. The predicted molar refractivity (Wildman–Crippen MR) is 113 cm³/mol. The van der Waals surface area contributed by atoms with E-state index >= 15 is 0 Å². The first-order chi connectivity index (χ1) is 13.4. The molecule has 6 heteroatoms. The van der Waals surface area contributed by atoms with Gasteiger partial charge in [0.15, 0.2) is 0 Å². The highest BCUT2D eigenvalue weighted by molar-refractivity contribution is 7.91. The summed E-state index contributed by atoms with van der Waals surface area (Å²) in [6.07, 6.45) is 3.90. The number of aryl methyl sites for hydroxylation is 2. The van der Waals surface area contributed by atoms with E-state index in [9.17, 15) is 8.42 Å². The molecule has 0 aliphatic carbocycles. The minimum absolute atomic E-state index is 0.0644. The Labute approximate surface area is 164 Å². The lowest BCUT2D eigenvalue weighted by atomic mass is 10.1. The molecular formula is C22H21N3O2S. The number of nitrogens with one attached hydrogen (secondary N) is 1. The molecule has 0 aliphatic heterocycles. The van der Waals surface area contributed by atoms with Crippen LogP contribution in [-0.2, 0) is 15.8 Å². The zero-order valence-corrected chi connectivity index (χ0v) is 16.6. The monoisotopic (exact) mass is 391 g/mol. The molecule has 1 N–H and O–H groups in total. The van der Waals surface area contributed by atoms with Gasteiger partial charge in [0.1, 0.15) is 5.65 Å². The van der Waals surface area contributed by atoms with Crippen LogP contribution in [0.5, 0.6) is 0 Å². The third-order valence-corrected chi connectivity index (χ3v) is 5.85. The summed E-state index contributed by atoms with van der Waals surface area (Å²) in [6, 6.07) is 18.8. The lowest BCUT2D eigenvalue weighted by Gasteiger charge is -2.09. The third kappa shape index (κ3) is 3.92. The number of anilines is 1. The molecule has 5 nitrogen and oxygen atoms in total. The van der Waals surface area contributed by atoms with Crippen molar-refractivity contribution < 1.29 is 8.42 Å². The summed E-state index contributed by atoms with van der Waals surface area (Å²) >= 11 is 0. The van der Waals surface area contributed by atoms with Gasteiger partial charge in [-0.1, -0.05) is 48.0 Å². The molecule has 0 saturated carbocycles. The van der Waals surface area contributed by atoms with Crippen LogP contribution in [0.2, 0.25) is 0 Å². The topological polar surface area (TPSA) is 63.5 Å². The van der Waals surface area contributed by atoms with Crippen LogP contribution in [-0.4, -0.2) is 17.8 Å². The number of hydrogen-bond acceptors (Lipinski definition) is 3. The Morgan fingerprint density at radius 1 is 1.00 bits per heavy atom. The Kier molecular flexibility index (Phi) is 4.65. The fourth-order valence-corrected chi connectivity index (χ4v) is 4.34. The average Bonchev–Trinajstić information content (AvgIpc) is 3.09. The molecule has 0 radical (unpaired) electrons. The number of rotatable bonds is 5. The Morgan fingerprint density at radius 2 is 1.79 bits per heavy atom. The SMILES string of the molecule is Cc1ccc(CS(=O)(=O)Nc2cccc(-c3cn4cccc(C)c4n3)c2)cc1. The van der Waals surface area contributed by atoms with Crippen molar-refractivity contribution in [2.24, 2.45) is 0 Å². The molecule has 0 aliphatic rings. The molecule has 0 saturated heterocycles. The van der Waals surface area contributed by atoms with E-state index in [2.05, 4.69) is 9.71 Å². The highest BCUT2D eigenvalue weighted by Crippen LogP contribution is 2.24. The molecule has 142 valence electrons. The van der Waals surface area contributed by atoms with E-state index in [0.29, 0.717) is 5.69 Å². The van der Waals surface area contributed by atoms with Crippen molar-refractivity contribution in [1.29, 1.82) is 0 Å². The molecule has 0 atom stereocenters. The van der Waals surface area contributed by atoms with Crippen molar-refractivity contribution in [1.82, 2.24) is 9.38 Å². The minimum atomic E-state index is -3.51. The van der Waals surface area contributed by atoms with Crippen LogP contribution in [0.25, 0.3) is 16.9 Å². The fraction of sp³-hybridized carbons (Fsp3) is 0.136. The number of benzene rings is 2. The number of nitrogens with zero attached hydrogens (tertiary/aromatic N) is 2. The summed E-state index contributed by atoms with van der Waals surface area (Å²) in [5.41, 5.74) is 6.02. The van der Waals surface area contributed by atoms with Crippen LogP contribution in [0.15, 0.2) is 73.1 Å². The number of sulfonamides is 1. The Hall–Kier alpha value is -3.12. The molecule has 0 unspecified atom stereocenters. The first-order valence-electron chi connectivity index (χ1n) is 9.00. The summed E-state index contributed by atoms with van der Waals surface area (Å²) < 4.78 is 29.8. The third-order valence-electron chi connectivity index (χ3n) is 4.59. The van der Waals surface area contributed by atoms with Crippen molar-refractivity contribution in [2.45, 2.75) is 19.6 Å². The van der Waals surface area contributed by atoms with E-state index < -0.39 is 10.0 Å². The number of pyridine rings is 1. The van der Waals surface area contributed by atoms with Crippen molar-refractivity contribution >= 4 is 21.4 Å². The van der Waals surface area contributed by atoms with Gasteiger partial charge < -0.3 is 4.40 Å². The summed E-state index contributed by atoms with van der Waals surface area (Å²) in [5, 5.41) is 0. The van der Waals surface area contributed by atoms with Gasteiger partial charge in [0.25, 0.3) is 0 Å². The molecule has 2 aromatic heterocycles. The van der Waals surface area contributed by atoms with Gasteiger partial charge in [-0.15, -0.1) is 0 Å². The van der Waals surface area contributed by atoms with E-state index in [4.69, 9.17) is 0 Å². The standard InChI is InChI=1S/C22H21N3O2S/c1-16-8-10-18(11-9-16)15-28(26,27)24-20-7-3-6-19(13-20)21-14-25-12-4-5-17(2)22(25)23-21/h3-14,24H,15H2,1-2H3. The maximum absolute atomic E-state index is 12.6. The van der Waals surface area contributed by atoms with Crippen molar-refractivity contribution in [3.63, 3.8) is 0 Å². The molecule has 0 bridgehead atoms. The van der Waals surface area contributed by atoms with Gasteiger partial charge in [-0.3, -0.25) is 4.72 Å². The zero-order chi connectivity index (χ0) is 19.7. The zero-order valence-electron chi connectivity index (χ0n) is 15.8. The van der Waals surface area contributed by atoms with Gasteiger partial charge in [0.05, 0.1) is 11.4 Å². The minimum Gasteiger partial charge on any atom is -0.306 e. The first kappa shape index (κ1) is 18.3. The largest absolute Gasteiger partial charge is 0.306 e. The summed E-state index contributed by atoms with van der Waals surface area (Å²) in [4.78, 5) is 4.68. The Morgan fingerprint density at radius 3 is 2.54 bits per heavy atom. The van der Waals surface area contributed by atoms with Crippen LogP contribution >= 0.6 is 0 Å². The van der Waals surface area contributed by atoms with Crippen LogP contribution in [0.1, 0.15) is 16.7 Å². The fourth-order valence-electron chi connectivity index (χ4n) is 3.15. The normalized spacial score (nSPS) is 11.6. The number of imidazole rings is 1. The van der Waals surface area contributed by atoms with Crippen LogP contribution in [0, 0.1) is 13.8 Å². The highest BCUT2D eigenvalue weighted by atomic mass is 32.2. The highest BCUT2D eigenvalue weighted by Gasteiger charge is 2.13. The van der Waals surface area contributed by atoms with Gasteiger partial charge in [-0.25, -0.2) is 13.4 Å². The van der Waals surface area contributed by atoms with Crippen molar-refractivity contribution in [2.75, 3.05) is 4.72 Å². The molecule has 0 amide bonds. The average molecular weight is 391 g/mol. The number of aromatic nitrogens is 2. The molecular weight excluding hydrogens is 370 g/mol. The predicted octanol–water partition coefficient (Wildman–Crippen LogP) is 4.56. The second-order valence-corrected chi connectivity index (χ2v) is 8.70. The lowest BCUT2D eigenvalue weighted by molar-refractivity contribution is 0.600. The van der Waals surface area contributed by atoms with E-state index in [1.54, 1.807) is 6.07 Å². The van der Waals surface area contributed by atoms with Gasteiger partial charge in [-0.2, -0.15) is 0 Å². The van der Waals surface area contributed by atoms with Crippen LogP contribution in [0.3, 0.4) is 0 Å². The summed E-state index contributed by atoms with van der Waals surface area (Å²) in [6.45, 7) is 3.99. The second kappa shape index (κ2) is 7.13. The maximum Gasteiger partial charge on any atom is 0.236 e. The molecule has 2 heterocycles. The smallest absolute Gasteiger partial charge is 0.236 e. The summed E-state index contributed by atoms with van der Waals surface area (Å²) in [7, 11) is -3.51. The van der Waals surface area contributed by atoms with Gasteiger partial charge in [0.2, 0.25) is 10.0 Å². The van der Waals surface area contributed by atoms with E-state index in [-0.39, 0.29) is 5.75 Å². The van der Waals surface area contributed by atoms with Crippen molar-refractivity contribution in [3.8, 4) is 11.3 Å². The first-order valence-corrected chi connectivity index (χ1v) is 10.7. The molecule has 0 spiro atoms. The van der Waals surface area contributed by atoms with Gasteiger partial charge in [-0.05, 0) is 43.2 Å². The molecule has 2 aromatic carbocycles. The molecule has 0 fully saturated rings. The maximum atomic E-state index is 12.6. The number of hydrogen-bond donors (Lipinski definition) is 1. The summed E-state index contributed by atoms with van der Waals surface area (Å²) in [5.74, 6) is -0.0644. The Balaban J connectivity index is 1.59. The molecule has 4 aromatic rings. The van der Waals surface area contributed by atoms with E-state index in [0.717, 1.165) is 33.6 Å². The number of fused-ring (bicyclic) bond motifs is 1. The van der Waals surface area contributed by atoms with Crippen LogP contribution in [0.4, 0.5) is 5.69 Å². The van der Waals surface area contributed by atoms with Crippen LogP contribution < -0.4 is 4.72 Å². The lowest BCUT2D eigenvalue weighted by Crippen LogP contribution is -2.15. The quantitative estimate of drug-likeness (QED) is 0.542. The molecule has 28 heavy (non-hydrogen) atoms. The van der Waals surface area contributed by atoms with Gasteiger partial charge in [0, 0.05) is 23.6 Å². The molecule has 4 rings (SSSR count). The van der Waals surface area contributed by atoms with Crippen molar-refractivity contribution in [3.05, 3.63) is 89.7 Å².